The lowest BCUT2D eigenvalue weighted by atomic mass is 9.97. The van der Waals surface area contributed by atoms with Crippen molar-refractivity contribution in [3.8, 4) is 0 Å². The van der Waals surface area contributed by atoms with Crippen LogP contribution in [0.2, 0.25) is 0 Å². The molecule has 0 radical (unpaired) electrons. The van der Waals surface area contributed by atoms with Crippen LogP contribution >= 0.6 is 11.3 Å². The molecule has 0 spiro atoms. The summed E-state index contributed by atoms with van der Waals surface area (Å²) in [6.07, 6.45) is 5.47. The first-order chi connectivity index (χ1) is 10.3. The normalized spacial score (nSPS) is 27.9. The summed E-state index contributed by atoms with van der Waals surface area (Å²) in [5.74, 6) is 0. The molecule has 4 rings (SSSR count). The van der Waals surface area contributed by atoms with E-state index in [4.69, 9.17) is 0 Å². The van der Waals surface area contributed by atoms with Gasteiger partial charge in [0.05, 0.1) is 0 Å². The van der Waals surface area contributed by atoms with Gasteiger partial charge in [-0.15, -0.1) is 11.3 Å². The van der Waals surface area contributed by atoms with Crippen LogP contribution in [0.1, 0.15) is 43.5 Å². The number of thiophene rings is 1. The zero-order valence-corrected chi connectivity index (χ0v) is 13.5. The third-order valence-corrected chi connectivity index (χ3v) is 6.48. The zero-order valence-electron chi connectivity index (χ0n) is 12.7. The van der Waals surface area contributed by atoms with Crippen molar-refractivity contribution >= 4 is 21.4 Å². The Morgan fingerprint density at radius 1 is 1.24 bits per heavy atom. The lowest BCUT2D eigenvalue weighted by molar-refractivity contribution is 0.162. The summed E-state index contributed by atoms with van der Waals surface area (Å²) in [6.45, 7) is 4.95. The van der Waals surface area contributed by atoms with Gasteiger partial charge >= 0.3 is 0 Å². The second kappa shape index (κ2) is 5.71. The van der Waals surface area contributed by atoms with Crippen LogP contribution in [0, 0.1) is 0 Å². The second-order valence-corrected chi connectivity index (χ2v) is 7.74. The Labute approximate surface area is 131 Å². The predicted molar refractivity (Wildman–Crippen MR) is 91.0 cm³/mol. The molecule has 0 aliphatic carbocycles. The van der Waals surface area contributed by atoms with Crippen molar-refractivity contribution in [2.24, 2.45) is 0 Å². The maximum absolute atomic E-state index is 3.89. The van der Waals surface area contributed by atoms with E-state index >= 15 is 0 Å². The number of hydrogen-bond donors (Lipinski definition) is 1. The fraction of sp³-hybridized carbons (Fsp3) is 0.556. The predicted octanol–water partition coefficient (Wildman–Crippen LogP) is 4.18. The van der Waals surface area contributed by atoms with Crippen LogP contribution in [0.4, 0.5) is 0 Å². The number of hydrogen-bond acceptors (Lipinski definition) is 3. The Morgan fingerprint density at radius 2 is 2.14 bits per heavy atom. The quantitative estimate of drug-likeness (QED) is 0.915. The van der Waals surface area contributed by atoms with Crippen molar-refractivity contribution in [1.82, 2.24) is 10.2 Å². The third-order valence-electron chi connectivity index (χ3n) is 5.18. The molecule has 3 atom stereocenters. The smallest absolute Gasteiger partial charge is 0.0388 e. The van der Waals surface area contributed by atoms with Crippen LogP contribution < -0.4 is 5.32 Å². The minimum absolute atomic E-state index is 0.473. The van der Waals surface area contributed by atoms with Gasteiger partial charge in [0.2, 0.25) is 0 Å². The van der Waals surface area contributed by atoms with E-state index in [1.54, 1.807) is 0 Å². The van der Waals surface area contributed by atoms with Crippen molar-refractivity contribution in [1.29, 1.82) is 0 Å². The van der Waals surface area contributed by atoms with E-state index in [0.29, 0.717) is 12.1 Å². The van der Waals surface area contributed by atoms with Crippen LogP contribution in [0.5, 0.6) is 0 Å². The van der Waals surface area contributed by atoms with Gasteiger partial charge in [0.25, 0.3) is 0 Å². The minimum atomic E-state index is 0.473. The Balaban J connectivity index is 1.44. The average Bonchev–Trinajstić information content (AvgIpc) is 3.13. The first kappa shape index (κ1) is 13.7. The van der Waals surface area contributed by atoms with Crippen molar-refractivity contribution in [3.63, 3.8) is 0 Å². The Kier molecular flexibility index (Phi) is 3.74. The van der Waals surface area contributed by atoms with Crippen molar-refractivity contribution in [2.75, 3.05) is 13.1 Å². The second-order valence-electron chi connectivity index (χ2n) is 6.63. The van der Waals surface area contributed by atoms with Gasteiger partial charge in [-0.2, -0.15) is 0 Å². The summed E-state index contributed by atoms with van der Waals surface area (Å²) in [5.41, 5.74) is 0. The fourth-order valence-corrected chi connectivity index (χ4v) is 5.10. The van der Waals surface area contributed by atoms with Gasteiger partial charge in [0.15, 0.2) is 0 Å². The highest BCUT2D eigenvalue weighted by Crippen LogP contribution is 2.32. The first-order valence-electron chi connectivity index (χ1n) is 8.28. The van der Waals surface area contributed by atoms with Gasteiger partial charge in [-0.3, -0.25) is 0 Å². The molecule has 2 aliphatic heterocycles. The summed E-state index contributed by atoms with van der Waals surface area (Å²) < 4.78 is 1.41. The van der Waals surface area contributed by atoms with E-state index in [1.807, 2.05) is 11.3 Å². The van der Waals surface area contributed by atoms with E-state index in [0.717, 1.165) is 6.04 Å². The molecule has 0 bridgehead atoms. The SMILES string of the molecule is CC(NC1CCN2CCCC2C1)c1cc2ccccc2s1. The van der Waals surface area contributed by atoms with E-state index in [-0.39, 0.29) is 0 Å². The van der Waals surface area contributed by atoms with Crippen LogP contribution in [0.15, 0.2) is 30.3 Å². The molecule has 3 heteroatoms. The molecule has 112 valence electrons. The van der Waals surface area contributed by atoms with E-state index < -0.39 is 0 Å². The molecule has 0 amide bonds. The van der Waals surface area contributed by atoms with Gasteiger partial charge in [0.1, 0.15) is 0 Å². The zero-order chi connectivity index (χ0) is 14.2. The van der Waals surface area contributed by atoms with Crippen LogP contribution in [-0.2, 0) is 0 Å². The molecule has 2 fully saturated rings. The Morgan fingerprint density at radius 3 is 3.05 bits per heavy atom. The Bertz CT molecular complexity index is 587. The highest BCUT2D eigenvalue weighted by atomic mass is 32.1. The van der Waals surface area contributed by atoms with Gasteiger partial charge in [0, 0.05) is 27.7 Å². The van der Waals surface area contributed by atoms with Crippen LogP contribution in [-0.4, -0.2) is 30.1 Å². The van der Waals surface area contributed by atoms with Crippen molar-refractivity contribution < 1.29 is 0 Å². The van der Waals surface area contributed by atoms with Gasteiger partial charge < -0.3 is 10.2 Å². The van der Waals surface area contributed by atoms with E-state index in [9.17, 15) is 0 Å². The molecule has 2 aromatic rings. The number of nitrogens with one attached hydrogen (secondary N) is 1. The standard InChI is InChI=1S/C18H24N2S/c1-13(18-11-14-5-2-3-7-17(14)21-18)19-15-8-10-20-9-4-6-16(20)12-15/h2-3,5,7,11,13,15-16,19H,4,6,8-10,12H2,1H3. The fourth-order valence-electron chi connectivity index (χ4n) is 4.03. The summed E-state index contributed by atoms with van der Waals surface area (Å²) in [4.78, 5) is 4.17. The molecule has 2 nitrogen and oxygen atoms in total. The van der Waals surface area contributed by atoms with Crippen molar-refractivity contribution in [3.05, 3.63) is 35.2 Å². The lowest BCUT2D eigenvalue weighted by Crippen LogP contribution is -2.46. The van der Waals surface area contributed by atoms with Gasteiger partial charge in [-0.05, 0) is 63.2 Å². The summed E-state index contributed by atoms with van der Waals surface area (Å²) >= 11 is 1.94. The summed E-state index contributed by atoms with van der Waals surface area (Å²) in [7, 11) is 0. The maximum atomic E-state index is 3.89. The lowest BCUT2D eigenvalue weighted by Gasteiger charge is -2.36. The maximum Gasteiger partial charge on any atom is 0.0388 e. The van der Waals surface area contributed by atoms with Gasteiger partial charge in [-0.25, -0.2) is 0 Å². The summed E-state index contributed by atoms with van der Waals surface area (Å²) in [5, 5.41) is 5.28. The molecule has 1 aromatic heterocycles. The first-order valence-corrected chi connectivity index (χ1v) is 9.10. The molecule has 3 heterocycles. The number of rotatable bonds is 3. The summed E-state index contributed by atoms with van der Waals surface area (Å²) in [6, 6.07) is 13.1. The average molecular weight is 300 g/mol. The molecule has 3 unspecified atom stereocenters. The number of nitrogens with zero attached hydrogens (tertiary/aromatic N) is 1. The molecule has 1 N–H and O–H groups in total. The highest BCUT2D eigenvalue weighted by molar-refractivity contribution is 7.19. The van der Waals surface area contributed by atoms with Gasteiger partial charge in [-0.1, -0.05) is 18.2 Å². The molecule has 21 heavy (non-hydrogen) atoms. The molecule has 0 saturated carbocycles. The molecule has 2 saturated heterocycles. The molecular formula is C18H24N2S. The number of benzene rings is 1. The topological polar surface area (TPSA) is 15.3 Å². The molecule has 1 aromatic carbocycles. The van der Waals surface area contributed by atoms with Crippen LogP contribution in [0.25, 0.3) is 10.1 Å². The monoisotopic (exact) mass is 300 g/mol. The Hall–Kier alpha value is -0.900. The van der Waals surface area contributed by atoms with E-state index in [1.165, 1.54) is 53.7 Å². The molecule has 2 aliphatic rings. The third kappa shape index (κ3) is 2.75. The number of fused-ring (bicyclic) bond motifs is 2. The van der Waals surface area contributed by atoms with Crippen molar-refractivity contribution in [2.45, 2.75) is 50.7 Å². The largest absolute Gasteiger partial charge is 0.307 e. The van der Waals surface area contributed by atoms with E-state index in [2.05, 4.69) is 47.5 Å². The van der Waals surface area contributed by atoms with Crippen LogP contribution in [0.3, 0.4) is 0 Å². The number of piperidine rings is 1. The molecular weight excluding hydrogens is 276 g/mol. The minimum Gasteiger partial charge on any atom is -0.307 e. The highest BCUT2D eigenvalue weighted by Gasteiger charge is 2.32.